The number of sulfonamides is 1. The summed E-state index contributed by atoms with van der Waals surface area (Å²) in [5.41, 5.74) is 6.41. The molecule has 0 amide bonds. The molecule has 0 radical (unpaired) electrons. The van der Waals surface area contributed by atoms with Gasteiger partial charge < -0.3 is 11.1 Å². The van der Waals surface area contributed by atoms with Crippen molar-refractivity contribution in [2.45, 2.75) is 18.4 Å². The molecule has 0 saturated heterocycles. The van der Waals surface area contributed by atoms with Crippen molar-refractivity contribution in [1.29, 1.82) is 0 Å². The van der Waals surface area contributed by atoms with Gasteiger partial charge in [0, 0.05) is 6.54 Å². The minimum atomic E-state index is -3.63. The zero-order chi connectivity index (χ0) is 12.9. The number of nitrogens with zero attached hydrogens (tertiary/aromatic N) is 1. The second-order valence-electron chi connectivity index (χ2n) is 3.42. The van der Waals surface area contributed by atoms with Gasteiger partial charge in [0.25, 0.3) is 0 Å². The van der Waals surface area contributed by atoms with E-state index in [2.05, 4.69) is 10.3 Å². The molecule has 94 valence electrons. The number of hydrogen-bond donors (Lipinski definition) is 3. The van der Waals surface area contributed by atoms with E-state index in [1.807, 2.05) is 6.92 Å². The van der Waals surface area contributed by atoms with Gasteiger partial charge in [0.15, 0.2) is 5.96 Å². The molecule has 0 saturated carbocycles. The van der Waals surface area contributed by atoms with E-state index >= 15 is 0 Å². The maximum absolute atomic E-state index is 11.0. The molecule has 1 rings (SSSR count). The van der Waals surface area contributed by atoms with Gasteiger partial charge in [0.05, 0.1) is 11.4 Å². The van der Waals surface area contributed by atoms with Gasteiger partial charge >= 0.3 is 0 Å². The van der Waals surface area contributed by atoms with Crippen molar-refractivity contribution in [3.63, 3.8) is 0 Å². The number of nitrogens with one attached hydrogen (secondary N) is 1. The van der Waals surface area contributed by atoms with Crippen LogP contribution < -0.4 is 16.2 Å². The molecule has 0 aliphatic rings. The summed E-state index contributed by atoms with van der Waals surface area (Å²) in [4.78, 5) is 4.17. The third-order valence-corrected chi connectivity index (χ3v) is 2.97. The number of benzene rings is 1. The summed E-state index contributed by atoms with van der Waals surface area (Å²) in [6.07, 6.45) is 0. The lowest BCUT2D eigenvalue weighted by Gasteiger charge is -2.03. The summed E-state index contributed by atoms with van der Waals surface area (Å²) < 4.78 is 22.0. The van der Waals surface area contributed by atoms with Crippen molar-refractivity contribution in [3.8, 4) is 0 Å². The van der Waals surface area contributed by atoms with Crippen LogP contribution in [0.4, 0.5) is 0 Å². The number of guanidine groups is 1. The first-order valence-corrected chi connectivity index (χ1v) is 6.63. The van der Waals surface area contributed by atoms with Crippen molar-refractivity contribution in [2.24, 2.45) is 15.9 Å². The van der Waals surface area contributed by atoms with Gasteiger partial charge in [0.1, 0.15) is 0 Å². The number of primary sulfonamides is 1. The highest BCUT2D eigenvalue weighted by molar-refractivity contribution is 7.89. The van der Waals surface area contributed by atoms with E-state index < -0.39 is 10.0 Å². The molecule has 7 heteroatoms. The summed E-state index contributed by atoms with van der Waals surface area (Å²) in [5.74, 6) is 0.364. The predicted molar refractivity (Wildman–Crippen MR) is 66.8 cm³/mol. The maximum Gasteiger partial charge on any atom is 0.238 e. The monoisotopic (exact) mass is 256 g/mol. The Morgan fingerprint density at radius 2 is 1.94 bits per heavy atom. The number of aliphatic imine (C=N–C) groups is 1. The molecule has 0 aliphatic carbocycles. The van der Waals surface area contributed by atoms with Crippen molar-refractivity contribution in [2.75, 3.05) is 6.54 Å². The third-order valence-electron chi connectivity index (χ3n) is 2.04. The average Bonchev–Trinajstić information content (AvgIpc) is 2.26. The molecule has 0 bridgehead atoms. The highest BCUT2D eigenvalue weighted by Crippen LogP contribution is 2.09. The standard InChI is InChI=1S/C10H16N4O2S/c1-2-13-10(11)14-7-8-3-5-9(6-4-8)17(12,15)16/h3-6H,2,7H2,1H3,(H3,11,13,14)(H2,12,15,16). The Kier molecular flexibility index (Phi) is 4.47. The summed E-state index contributed by atoms with van der Waals surface area (Å²) in [7, 11) is -3.63. The van der Waals surface area contributed by atoms with E-state index in [1.54, 1.807) is 12.1 Å². The van der Waals surface area contributed by atoms with Crippen LogP contribution in [-0.2, 0) is 16.6 Å². The Morgan fingerprint density at radius 1 is 1.35 bits per heavy atom. The fourth-order valence-corrected chi connectivity index (χ4v) is 1.71. The fourth-order valence-electron chi connectivity index (χ4n) is 1.20. The first kappa shape index (κ1) is 13.5. The van der Waals surface area contributed by atoms with Crippen LogP contribution in [0.1, 0.15) is 12.5 Å². The molecular formula is C10H16N4O2S. The van der Waals surface area contributed by atoms with Crippen molar-refractivity contribution in [3.05, 3.63) is 29.8 Å². The Hall–Kier alpha value is -1.60. The minimum absolute atomic E-state index is 0.0879. The topological polar surface area (TPSA) is 111 Å². The minimum Gasteiger partial charge on any atom is -0.370 e. The molecule has 0 spiro atoms. The highest BCUT2D eigenvalue weighted by Gasteiger charge is 2.06. The lowest BCUT2D eigenvalue weighted by molar-refractivity contribution is 0.598. The highest BCUT2D eigenvalue weighted by atomic mass is 32.2. The van der Waals surface area contributed by atoms with E-state index in [0.717, 1.165) is 5.56 Å². The van der Waals surface area contributed by atoms with E-state index in [9.17, 15) is 8.42 Å². The van der Waals surface area contributed by atoms with E-state index in [4.69, 9.17) is 10.9 Å². The molecule has 0 atom stereocenters. The fraction of sp³-hybridized carbons (Fsp3) is 0.300. The summed E-state index contributed by atoms with van der Waals surface area (Å²) in [5, 5.41) is 7.85. The van der Waals surface area contributed by atoms with Crippen LogP contribution in [0.3, 0.4) is 0 Å². The predicted octanol–water partition coefficient (Wildman–Crippen LogP) is -0.242. The van der Waals surface area contributed by atoms with Crippen LogP contribution in [0.5, 0.6) is 0 Å². The molecule has 0 fully saturated rings. The third kappa shape index (κ3) is 4.41. The zero-order valence-electron chi connectivity index (χ0n) is 9.55. The molecule has 0 aromatic heterocycles. The Balaban J connectivity index is 2.73. The van der Waals surface area contributed by atoms with Crippen LogP contribution in [0.15, 0.2) is 34.2 Å². The Bertz CT molecular complexity index is 494. The van der Waals surface area contributed by atoms with Crippen LogP contribution in [0, 0.1) is 0 Å². The number of nitrogens with two attached hydrogens (primary N) is 2. The second-order valence-corrected chi connectivity index (χ2v) is 4.98. The van der Waals surface area contributed by atoms with Crippen LogP contribution in [-0.4, -0.2) is 20.9 Å². The molecule has 17 heavy (non-hydrogen) atoms. The molecule has 1 aromatic rings. The smallest absolute Gasteiger partial charge is 0.238 e. The van der Waals surface area contributed by atoms with E-state index in [0.29, 0.717) is 19.0 Å². The average molecular weight is 256 g/mol. The molecule has 6 nitrogen and oxygen atoms in total. The molecule has 1 aromatic carbocycles. The van der Waals surface area contributed by atoms with Gasteiger partial charge in [-0.15, -0.1) is 0 Å². The summed E-state index contributed by atoms with van der Waals surface area (Å²) >= 11 is 0. The quantitative estimate of drug-likeness (QED) is 0.510. The molecule has 0 heterocycles. The first-order valence-electron chi connectivity index (χ1n) is 5.09. The van der Waals surface area contributed by atoms with Gasteiger partial charge in [-0.05, 0) is 24.6 Å². The van der Waals surface area contributed by atoms with Gasteiger partial charge in [-0.1, -0.05) is 12.1 Å². The van der Waals surface area contributed by atoms with Crippen LogP contribution in [0.2, 0.25) is 0 Å². The molecule has 0 aliphatic heterocycles. The Morgan fingerprint density at radius 3 is 2.41 bits per heavy atom. The van der Waals surface area contributed by atoms with Crippen molar-refractivity contribution >= 4 is 16.0 Å². The summed E-state index contributed by atoms with van der Waals surface area (Å²) in [6.45, 7) is 3.02. The number of rotatable bonds is 4. The van der Waals surface area contributed by atoms with E-state index in [-0.39, 0.29) is 4.90 Å². The van der Waals surface area contributed by atoms with Gasteiger partial charge in [-0.2, -0.15) is 0 Å². The van der Waals surface area contributed by atoms with Crippen LogP contribution in [0.25, 0.3) is 0 Å². The molecular weight excluding hydrogens is 240 g/mol. The summed E-state index contributed by atoms with van der Waals surface area (Å²) in [6, 6.07) is 6.21. The second kappa shape index (κ2) is 5.65. The zero-order valence-corrected chi connectivity index (χ0v) is 10.4. The van der Waals surface area contributed by atoms with Crippen LogP contribution >= 0.6 is 0 Å². The normalized spacial score (nSPS) is 12.5. The number of hydrogen-bond acceptors (Lipinski definition) is 3. The van der Waals surface area contributed by atoms with Crippen molar-refractivity contribution < 1.29 is 8.42 Å². The van der Waals surface area contributed by atoms with Gasteiger partial charge in [0.2, 0.25) is 10.0 Å². The SMILES string of the molecule is CCNC(N)=NCc1ccc(S(N)(=O)=O)cc1. The lowest BCUT2D eigenvalue weighted by Crippen LogP contribution is -2.31. The molecule has 5 N–H and O–H groups in total. The van der Waals surface area contributed by atoms with Gasteiger partial charge in [-0.3, -0.25) is 0 Å². The largest absolute Gasteiger partial charge is 0.370 e. The van der Waals surface area contributed by atoms with E-state index in [1.165, 1.54) is 12.1 Å². The van der Waals surface area contributed by atoms with Gasteiger partial charge in [-0.25, -0.2) is 18.5 Å². The maximum atomic E-state index is 11.0. The first-order chi connectivity index (χ1) is 7.93. The lowest BCUT2D eigenvalue weighted by atomic mass is 10.2. The Labute approximate surface area is 101 Å². The van der Waals surface area contributed by atoms with Crippen molar-refractivity contribution in [1.82, 2.24) is 5.32 Å². The molecule has 0 unspecified atom stereocenters.